The highest BCUT2D eigenvalue weighted by Crippen LogP contribution is 2.43. The van der Waals surface area contributed by atoms with Gasteiger partial charge < -0.3 is 19.8 Å². The first kappa shape index (κ1) is 91.2. The summed E-state index contributed by atoms with van der Waals surface area (Å²) in [5.41, 5.74) is 0. The van der Waals surface area contributed by atoms with Crippen molar-refractivity contribution in [2.24, 2.45) is 0 Å². The zero-order valence-corrected chi connectivity index (χ0v) is 64.2. The van der Waals surface area contributed by atoms with Gasteiger partial charge in [-0.3, -0.25) is 13.8 Å². The molecule has 0 spiro atoms. The Morgan fingerprint density at radius 1 is 0.359 bits per heavy atom. The van der Waals surface area contributed by atoms with Crippen molar-refractivity contribution < 1.29 is 32.9 Å². The van der Waals surface area contributed by atoms with Crippen molar-refractivity contribution in [3.05, 3.63) is 12.2 Å². The molecule has 0 bridgehead atoms. The third kappa shape index (κ3) is 76.6. The number of rotatable bonds is 80. The second-order valence-electron chi connectivity index (χ2n) is 30.6. The van der Waals surface area contributed by atoms with Crippen LogP contribution in [0.5, 0.6) is 0 Å². The van der Waals surface area contributed by atoms with Gasteiger partial charge in [-0.1, -0.05) is 431 Å². The van der Waals surface area contributed by atoms with Crippen LogP contribution in [0.1, 0.15) is 463 Å². The fraction of sp³-hybridized carbons (Fsp3) is 0.964. The van der Waals surface area contributed by atoms with Crippen LogP contribution in [-0.4, -0.2) is 73.4 Å². The van der Waals surface area contributed by atoms with Crippen LogP contribution < -0.4 is 5.32 Å². The van der Waals surface area contributed by atoms with Gasteiger partial charge in [-0.05, 0) is 38.5 Å². The number of hydrogen-bond donors (Lipinski definition) is 3. The van der Waals surface area contributed by atoms with Crippen LogP contribution in [-0.2, 0) is 18.4 Å². The quantitative estimate of drug-likeness (QED) is 0.0243. The van der Waals surface area contributed by atoms with Gasteiger partial charge >= 0.3 is 7.82 Å². The Kier molecular flexibility index (Phi) is 73.8. The topological polar surface area (TPSA) is 105 Å². The second-order valence-corrected chi connectivity index (χ2v) is 32.0. The molecule has 0 aromatic heterocycles. The monoisotopic (exact) mass is 1320 g/mol. The maximum absolute atomic E-state index is 13.1. The highest BCUT2D eigenvalue weighted by molar-refractivity contribution is 7.47. The van der Waals surface area contributed by atoms with Crippen LogP contribution in [0, 0.1) is 0 Å². The van der Waals surface area contributed by atoms with Gasteiger partial charge in [0.05, 0.1) is 39.9 Å². The Balaban J connectivity index is 3.86. The lowest BCUT2D eigenvalue weighted by Crippen LogP contribution is -2.46. The average molecular weight is 1320 g/mol. The van der Waals surface area contributed by atoms with Crippen LogP contribution >= 0.6 is 7.82 Å². The number of unbranched alkanes of at least 4 members (excludes halogenated alkanes) is 65. The molecule has 0 aliphatic rings. The van der Waals surface area contributed by atoms with Crippen molar-refractivity contribution in [1.29, 1.82) is 0 Å². The first-order valence-electron chi connectivity index (χ1n) is 42.1. The average Bonchev–Trinajstić information content (AvgIpc) is 2.63. The van der Waals surface area contributed by atoms with Gasteiger partial charge in [-0.15, -0.1) is 0 Å². The summed E-state index contributed by atoms with van der Waals surface area (Å²) in [6.07, 6.45) is 98.2. The number of phosphoric ester groups is 1. The lowest BCUT2D eigenvalue weighted by molar-refractivity contribution is -0.870. The molecule has 0 aliphatic carbocycles. The lowest BCUT2D eigenvalue weighted by Gasteiger charge is -2.26. The molecule has 92 heavy (non-hydrogen) atoms. The molecule has 0 fully saturated rings. The summed E-state index contributed by atoms with van der Waals surface area (Å²) in [4.78, 5) is 23.6. The number of phosphoric acid groups is 1. The Hall–Kier alpha value is -0.760. The molecular weight excluding hydrogens is 1150 g/mol. The van der Waals surface area contributed by atoms with E-state index in [1.165, 1.54) is 398 Å². The van der Waals surface area contributed by atoms with E-state index in [0.717, 1.165) is 38.5 Å². The maximum atomic E-state index is 13.1. The third-order valence-electron chi connectivity index (χ3n) is 20.0. The molecule has 9 heteroatoms. The molecule has 0 aromatic rings. The number of carbonyl (C=O) groups is 1. The van der Waals surface area contributed by atoms with Crippen LogP contribution in [0.4, 0.5) is 0 Å². The fourth-order valence-corrected chi connectivity index (χ4v) is 14.3. The van der Waals surface area contributed by atoms with Crippen LogP contribution in [0.2, 0.25) is 0 Å². The fourth-order valence-electron chi connectivity index (χ4n) is 13.5. The lowest BCUT2D eigenvalue weighted by atomic mass is 10.0. The number of aliphatic hydroxyl groups excluding tert-OH is 1. The number of nitrogens with one attached hydrogen (secondary N) is 1. The molecule has 0 rings (SSSR count). The zero-order valence-electron chi connectivity index (χ0n) is 63.4. The van der Waals surface area contributed by atoms with Gasteiger partial charge in [0.15, 0.2) is 0 Å². The van der Waals surface area contributed by atoms with Crippen molar-refractivity contribution in [2.75, 3.05) is 40.9 Å². The Morgan fingerprint density at radius 2 is 0.587 bits per heavy atom. The predicted octanol–water partition coefficient (Wildman–Crippen LogP) is 27.6. The van der Waals surface area contributed by atoms with E-state index in [2.05, 4.69) is 31.3 Å². The van der Waals surface area contributed by atoms with Crippen molar-refractivity contribution in [2.45, 2.75) is 475 Å². The predicted molar refractivity (Wildman–Crippen MR) is 406 cm³/mol. The van der Waals surface area contributed by atoms with Crippen molar-refractivity contribution in [3.63, 3.8) is 0 Å². The summed E-state index contributed by atoms with van der Waals surface area (Å²) in [5, 5.41) is 14.2. The molecule has 0 saturated heterocycles. The number of aliphatic hydroxyl groups is 1. The molecule has 0 radical (unpaired) electrons. The van der Waals surface area contributed by atoms with Crippen LogP contribution in [0.25, 0.3) is 0 Å². The molecule has 0 heterocycles. The molecule has 0 aromatic carbocycles. The number of allylic oxidation sites excluding steroid dienone is 2. The van der Waals surface area contributed by atoms with E-state index in [-0.39, 0.29) is 19.1 Å². The van der Waals surface area contributed by atoms with Crippen molar-refractivity contribution in [3.8, 4) is 0 Å². The normalized spacial score (nSPS) is 13.4. The first-order chi connectivity index (χ1) is 45.0. The minimum atomic E-state index is -4.33. The van der Waals surface area contributed by atoms with E-state index in [0.29, 0.717) is 23.9 Å². The number of carbonyl (C=O) groups excluding carboxylic acids is 1. The molecule has 0 saturated carbocycles. The van der Waals surface area contributed by atoms with Crippen LogP contribution in [0.15, 0.2) is 12.2 Å². The number of amides is 1. The number of likely N-dealkylation sites (N-methyl/N-ethyl adjacent to an activating group) is 1. The van der Waals surface area contributed by atoms with E-state index in [1.54, 1.807) is 0 Å². The molecule has 550 valence electrons. The van der Waals surface area contributed by atoms with E-state index in [1.807, 2.05) is 21.1 Å². The third-order valence-corrected chi connectivity index (χ3v) is 21.0. The first-order valence-corrected chi connectivity index (χ1v) is 43.5. The molecular formula is C83H168N2O6P+. The number of nitrogens with zero attached hydrogens (tertiary/aromatic N) is 1. The summed E-state index contributed by atoms with van der Waals surface area (Å²) in [6.45, 7) is 4.97. The van der Waals surface area contributed by atoms with Crippen molar-refractivity contribution in [1.82, 2.24) is 5.32 Å². The molecule has 3 unspecified atom stereocenters. The largest absolute Gasteiger partial charge is 0.472 e. The van der Waals surface area contributed by atoms with E-state index in [4.69, 9.17) is 9.05 Å². The van der Waals surface area contributed by atoms with Crippen LogP contribution in [0.3, 0.4) is 0 Å². The maximum Gasteiger partial charge on any atom is 0.472 e. The second kappa shape index (κ2) is 74.5. The molecule has 8 nitrogen and oxygen atoms in total. The summed E-state index contributed by atoms with van der Waals surface area (Å²) < 4.78 is 24.0. The van der Waals surface area contributed by atoms with E-state index >= 15 is 0 Å². The molecule has 3 N–H and O–H groups in total. The minimum Gasteiger partial charge on any atom is -0.391 e. The smallest absolute Gasteiger partial charge is 0.391 e. The summed E-state index contributed by atoms with van der Waals surface area (Å²) in [6, 6.07) is -0.759. The summed E-state index contributed by atoms with van der Waals surface area (Å²) in [5.74, 6) is -0.132. The molecule has 0 aliphatic heterocycles. The van der Waals surface area contributed by atoms with E-state index in [9.17, 15) is 19.4 Å². The highest BCUT2D eigenvalue weighted by atomic mass is 31.2. The Labute approximate surface area is 577 Å². The van der Waals surface area contributed by atoms with Gasteiger partial charge in [-0.25, -0.2) is 4.57 Å². The summed E-state index contributed by atoms with van der Waals surface area (Å²) in [7, 11) is 1.65. The highest BCUT2D eigenvalue weighted by Gasteiger charge is 2.28. The Morgan fingerprint density at radius 3 is 0.837 bits per heavy atom. The standard InChI is InChI=1S/C83H167N2O6P/c1-6-8-10-12-14-16-18-20-22-24-26-28-30-32-34-36-38-39-40-41-42-43-44-45-47-49-51-53-55-57-59-61-63-65-67-69-71-73-75-77-83(87)84-81(80-91-92(88,89)90-79-78-85(3,4)5)82(86)76-74-72-70-68-66-64-62-60-58-56-54-52-50-48-46-37-35-33-31-29-27-25-23-21-19-17-15-13-11-9-7-2/h24,26,81-82,86H,6-23,25,27-80H2,1-5H3,(H-,84,87,88,89)/p+1/b26-24-. The SMILES string of the molecule is CCCCCCCCCC/C=C\CCCCCCCCCCCCCCCCCCCCCCCCCCCCCC(=O)NC(COP(=O)(O)OCC[N+](C)(C)C)C(O)CCCCCCCCCCCCCCCCCCCCCCCCCCCCCCCCC. The Bertz CT molecular complexity index is 1510. The molecule has 3 atom stereocenters. The minimum absolute atomic E-state index is 0.0790. The van der Waals surface area contributed by atoms with E-state index < -0.39 is 20.0 Å². The number of hydrogen-bond acceptors (Lipinski definition) is 5. The van der Waals surface area contributed by atoms with Gasteiger partial charge in [0.25, 0.3) is 0 Å². The van der Waals surface area contributed by atoms with Crippen molar-refractivity contribution >= 4 is 13.7 Å². The van der Waals surface area contributed by atoms with Gasteiger partial charge in [-0.2, -0.15) is 0 Å². The number of quaternary nitrogens is 1. The van der Waals surface area contributed by atoms with Gasteiger partial charge in [0.1, 0.15) is 13.2 Å². The zero-order chi connectivity index (χ0) is 66.9. The van der Waals surface area contributed by atoms with Gasteiger partial charge in [0.2, 0.25) is 5.91 Å². The summed E-state index contributed by atoms with van der Waals surface area (Å²) >= 11 is 0. The molecule has 1 amide bonds. The van der Waals surface area contributed by atoms with Gasteiger partial charge in [0, 0.05) is 6.42 Å².